The average Bonchev–Trinajstić information content (AvgIpc) is 3.42. The van der Waals surface area contributed by atoms with Crippen LogP contribution in [0, 0.1) is 0 Å². The number of allylic oxidation sites excluding steroid dienone is 12. The monoisotopic (exact) mass is 1080 g/mol. The Morgan fingerprint density at radius 2 is 0.818 bits per heavy atom. The molecular formula is C65H110O12. The number of hydrogen-bond donors (Lipinski definition) is 3. The van der Waals surface area contributed by atoms with Crippen LogP contribution in [-0.4, -0.2) is 89.2 Å². The number of carboxylic acids is 1. The molecule has 1 fully saturated rings. The molecule has 6 atom stereocenters. The van der Waals surface area contributed by atoms with Crippen LogP contribution in [0.2, 0.25) is 0 Å². The number of aliphatic hydroxyl groups excluding tert-OH is 2. The molecule has 77 heavy (non-hydrogen) atoms. The molecule has 1 heterocycles. The Morgan fingerprint density at radius 3 is 1.26 bits per heavy atom. The SMILES string of the molecule is CC/C=C\C/C=C\C/C=C\CCCCCCCCCC(=O)OC1C(OCC(COC(=O)CCCCCCCCCCCCCCCCCCC)OC(=O)CCCCC/C=C\C/C=C\C/C=C\CC)OC(C(=O)O)C(O)C1O. The number of unbranched alkanes of at least 4 members (excludes halogenated alkanes) is 26. The number of hydrogen-bond acceptors (Lipinski definition) is 11. The van der Waals surface area contributed by atoms with E-state index in [4.69, 9.17) is 23.7 Å². The first-order valence-corrected chi connectivity index (χ1v) is 30.9. The van der Waals surface area contributed by atoms with Crippen LogP contribution >= 0.6 is 0 Å². The second kappa shape index (κ2) is 52.8. The second-order valence-electron chi connectivity index (χ2n) is 20.9. The lowest BCUT2D eigenvalue weighted by Crippen LogP contribution is -2.61. The number of carbonyl (C=O) groups is 4. The van der Waals surface area contributed by atoms with Gasteiger partial charge in [-0.1, -0.05) is 235 Å². The molecule has 0 amide bonds. The fourth-order valence-corrected chi connectivity index (χ4v) is 9.10. The molecule has 0 saturated carbocycles. The number of ether oxygens (including phenoxy) is 5. The fourth-order valence-electron chi connectivity index (χ4n) is 9.10. The molecule has 0 aromatic carbocycles. The summed E-state index contributed by atoms with van der Waals surface area (Å²) < 4.78 is 28.4. The minimum Gasteiger partial charge on any atom is -0.479 e. The van der Waals surface area contributed by atoms with Gasteiger partial charge < -0.3 is 39.0 Å². The molecule has 0 aromatic rings. The van der Waals surface area contributed by atoms with Crippen LogP contribution in [-0.2, 0) is 42.9 Å². The van der Waals surface area contributed by atoms with Crippen molar-refractivity contribution in [1.82, 2.24) is 0 Å². The van der Waals surface area contributed by atoms with Crippen molar-refractivity contribution in [2.45, 2.75) is 302 Å². The molecule has 0 spiro atoms. The van der Waals surface area contributed by atoms with Gasteiger partial charge in [0.2, 0.25) is 0 Å². The molecule has 0 aromatic heterocycles. The van der Waals surface area contributed by atoms with Crippen LogP contribution in [0.15, 0.2) is 72.9 Å². The van der Waals surface area contributed by atoms with E-state index in [2.05, 4.69) is 93.7 Å². The van der Waals surface area contributed by atoms with E-state index in [1.165, 1.54) is 83.5 Å². The molecule has 1 rings (SSSR count). The lowest BCUT2D eigenvalue weighted by molar-refractivity contribution is -0.301. The molecule has 0 aliphatic carbocycles. The van der Waals surface area contributed by atoms with Gasteiger partial charge in [-0.15, -0.1) is 0 Å². The summed E-state index contributed by atoms with van der Waals surface area (Å²) in [4.78, 5) is 51.2. The molecule has 6 unspecified atom stereocenters. The summed E-state index contributed by atoms with van der Waals surface area (Å²) in [6.45, 7) is 5.76. The van der Waals surface area contributed by atoms with E-state index in [1.54, 1.807) is 0 Å². The Kier molecular flexibility index (Phi) is 48.8. The summed E-state index contributed by atoms with van der Waals surface area (Å²) in [5, 5.41) is 31.5. The molecule has 1 aliphatic rings. The van der Waals surface area contributed by atoms with E-state index >= 15 is 0 Å². The standard InChI is InChI=1S/C65H110O12/c1-4-7-10-13-16-19-22-25-27-29-31-34-36-39-42-45-48-51-57(66)73-54-56(75-58(67)52-49-46-43-40-37-33-24-21-18-15-12-9-6-3)55-74-65-63(61(70)60(69)62(77-65)64(71)72)76-59(68)53-50-47-44-41-38-35-32-30-28-26-23-20-17-14-11-8-5-2/h8-9,11-12,17-18,20-21,26,28,33,37,56,60-63,65,69-70H,4-7,10,13-16,19,22-25,27,29-32,34-36,38-55H2,1-3H3,(H,71,72)/b11-8-,12-9-,20-17-,21-18-,28-26-,37-33-. The lowest BCUT2D eigenvalue weighted by Gasteiger charge is -2.40. The number of esters is 3. The maximum atomic E-state index is 13.1. The first-order chi connectivity index (χ1) is 37.6. The summed E-state index contributed by atoms with van der Waals surface area (Å²) in [7, 11) is 0. The smallest absolute Gasteiger partial charge is 0.335 e. The largest absolute Gasteiger partial charge is 0.479 e. The van der Waals surface area contributed by atoms with E-state index in [1.807, 2.05) is 0 Å². The number of aliphatic carboxylic acids is 1. The highest BCUT2D eigenvalue weighted by Crippen LogP contribution is 2.26. The van der Waals surface area contributed by atoms with Crippen molar-refractivity contribution in [2.24, 2.45) is 0 Å². The highest BCUT2D eigenvalue weighted by molar-refractivity contribution is 5.74. The zero-order chi connectivity index (χ0) is 56.1. The third kappa shape index (κ3) is 42.7. The Hall–Kier alpha value is -3.84. The number of aliphatic hydroxyl groups is 2. The van der Waals surface area contributed by atoms with E-state index in [0.29, 0.717) is 19.3 Å². The Labute approximate surface area is 468 Å². The maximum Gasteiger partial charge on any atom is 0.335 e. The van der Waals surface area contributed by atoms with Gasteiger partial charge in [0.25, 0.3) is 0 Å². The van der Waals surface area contributed by atoms with Crippen molar-refractivity contribution >= 4 is 23.9 Å². The normalized spacial score (nSPS) is 18.5. The predicted molar refractivity (Wildman–Crippen MR) is 312 cm³/mol. The van der Waals surface area contributed by atoms with Crippen LogP contribution < -0.4 is 0 Å². The summed E-state index contributed by atoms with van der Waals surface area (Å²) in [5.74, 6) is -3.16. The summed E-state index contributed by atoms with van der Waals surface area (Å²) in [6, 6.07) is 0. The quantitative estimate of drug-likeness (QED) is 0.0228. The second-order valence-corrected chi connectivity index (χ2v) is 20.9. The van der Waals surface area contributed by atoms with Gasteiger partial charge in [-0.25, -0.2) is 4.79 Å². The van der Waals surface area contributed by atoms with Crippen molar-refractivity contribution in [2.75, 3.05) is 13.2 Å². The van der Waals surface area contributed by atoms with E-state index in [9.17, 15) is 34.5 Å². The average molecular weight is 1080 g/mol. The first-order valence-electron chi connectivity index (χ1n) is 30.9. The Morgan fingerprint density at radius 1 is 0.442 bits per heavy atom. The fraction of sp³-hybridized carbons (Fsp3) is 0.754. The van der Waals surface area contributed by atoms with Crippen molar-refractivity contribution < 1.29 is 58.2 Å². The zero-order valence-corrected chi connectivity index (χ0v) is 48.7. The summed E-state index contributed by atoms with van der Waals surface area (Å²) >= 11 is 0. The molecule has 0 bridgehead atoms. The number of carboxylic acid groups (broad SMARTS) is 1. The van der Waals surface area contributed by atoms with Crippen molar-refractivity contribution in [1.29, 1.82) is 0 Å². The predicted octanol–water partition coefficient (Wildman–Crippen LogP) is 16.1. The third-order valence-corrected chi connectivity index (χ3v) is 13.8. The minimum absolute atomic E-state index is 0.0446. The number of rotatable bonds is 52. The van der Waals surface area contributed by atoms with Crippen LogP contribution in [0.1, 0.15) is 265 Å². The van der Waals surface area contributed by atoms with Crippen LogP contribution in [0.5, 0.6) is 0 Å². The highest BCUT2D eigenvalue weighted by Gasteiger charge is 2.50. The Balaban J connectivity index is 2.67. The number of carbonyl (C=O) groups excluding carboxylic acids is 3. The molecular weight excluding hydrogens is 973 g/mol. The van der Waals surface area contributed by atoms with E-state index in [-0.39, 0.29) is 25.9 Å². The maximum absolute atomic E-state index is 13.1. The minimum atomic E-state index is -1.91. The highest BCUT2D eigenvalue weighted by atomic mass is 16.7. The summed E-state index contributed by atoms with van der Waals surface area (Å²) in [6.07, 6.45) is 54.4. The van der Waals surface area contributed by atoms with Gasteiger partial charge in [0.15, 0.2) is 24.6 Å². The zero-order valence-electron chi connectivity index (χ0n) is 48.7. The summed E-state index contributed by atoms with van der Waals surface area (Å²) in [5.41, 5.74) is 0. The first kappa shape index (κ1) is 71.2. The van der Waals surface area contributed by atoms with Gasteiger partial charge in [0.1, 0.15) is 18.8 Å². The molecule has 442 valence electrons. The van der Waals surface area contributed by atoms with E-state index in [0.717, 1.165) is 122 Å². The molecule has 1 aliphatic heterocycles. The van der Waals surface area contributed by atoms with Crippen LogP contribution in [0.3, 0.4) is 0 Å². The van der Waals surface area contributed by atoms with Gasteiger partial charge in [0.05, 0.1) is 6.61 Å². The topological polar surface area (TPSA) is 175 Å². The van der Waals surface area contributed by atoms with Gasteiger partial charge in [-0.2, -0.15) is 0 Å². The lowest BCUT2D eigenvalue weighted by atomic mass is 9.98. The van der Waals surface area contributed by atoms with Crippen LogP contribution in [0.4, 0.5) is 0 Å². The molecule has 0 radical (unpaired) electrons. The molecule has 3 N–H and O–H groups in total. The van der Waals surface area contributed by atoms with Gasteiger partial charge in [-0.3, -0.25) is 14.4 Å². The van der Waals surface area contributed by atoms with Crippen molar-refractivity contribution in [3.63, 3.8) is 0 Å². The van der Waals surface area contributed by atoms with Gasteiger partial charge in [-0.05, 0) is 83.5 Å². The molecule has 1 saturated heterocycles. The Bertz CT molecular complexity index is 1620. The van der Waals surface area contributed by atoms with E-state index < -0.39 is 67.3 Å². The van der Waals surface area contributed by atoms with Gasteiger partial charge >= 0.3 is 23.9 Å². The van der Waals surface area contributed by atoms with Crippen LogP contribution in [0.25, 0.3) is 0 Å². The molecule has 12 nitrogen and oxygen atoms in total. The van der Waals surface area contributed by atoms with Gasteiger partial charge in [0, 0.05) is 19.3 Å². The molecule has 12 heteroatoms. The van der Waals surface area contributed by atoms with Crippen molar-refractivity contribution in [3.05, 3.63) is 72.9 Å². The van der Waals surface area contributed by atoms with Crippen molar-refractivity contribution in [3.8, 4) is 0 Å². The third-order valence-electron chi connectivity index (χ3n) is 13.8.